The lowest BCUT2D eigenvalue weighted by Gasteiger charge is -2.20. The van der Waals surface area contributed by atoms with Crippen LogP contribution in [0.5, 0.6) is 0 Å². The predicted octanol–water partition coefficient (Wildman–Crippen LogP) is 3.95. The van der Waals surface area contributed by atoms with Crippen molar-refractivity contribution in [1.29, 1.82) is 0 Å². The van der Waals surface area contributed by atoms with Crippen molar-refractivity contribution in [2.45, 2.75) is 31.7 Å². The first-order valence-corrected chi connectivity index (χ1v) is 10.9. The summed E-state index contributed by atoms with van der Waals surface area (Å²) in [7, 11) is -2.34. The van der Waals surface area contributed by atoms with E-state index in [2.05, 4.69) is 11.4 Å². The zero-order valence-corrected chi connectivity index (χ0v) is 18.0. The van der Waals surface area contributed by atoms with Gasteiger partial charge in [0.1, 0.15) is 0 Å². The zero-order valence-electron chi connectivity index (χ0n) is 17.1. The summed E-state index contributed by atoms with van der Waals surface area (Å²) in [6, 6.07) is 18.4. The highest BCUT2D eigenvalue weighted by Crippen LogP contribution is 2.22. The molecule has 0 spiro atoms. The molecular formula is C23H26N2O3S. The number of sulfonamides is 1. The molecule has 0 aromatic heterocycles. The minimum Gasteiger partial charge on any atom is -0.348 e. The highest BCUT2D eigenvalue weighted by Gasteiger charge is 2.24. The highest BCUT2D eigenvalue weighted by atomic mass is 32.2. The van der Waals surface area contributed by atoms with Crippen LogP contribution >= 0.6 is 0 Å². The normalized spacial score (nSPS) is 12.9. The van der Waals surface area contributed by atoms with Gasteiger partial charge in [-0.3, -0.25) is 4.79 Å². The van der Waals surface area contributed by atoms with Crippen molar-refractivity contribution in [2.75, 3.05) is 13.6 Å². The van der Waals surface area contributed by atoms with Gasteiger partial charge in [-0.1, -0.05) is 54.1 Å². The molecule has 0 saturated heterocycles. The molecule has 3 aromatic rings. The molecule has 0 bridgehead atoms. The van der Waals surface area contributed by atoms with E-state index >= 15 is 0 Å². The maximum atomic E-state index is 12.9. The Balaban J connectivity index is 1.72. The van der Waals surface area contributed by atoms with Crippen LogP contribution in [0, 0.1) is 13.8 Å². The number of carbonyl (C=O) groups excluding carboxylic acids is 1. The number of rotatable bonds is 6. The van der Waals surface area contributed by atoms with Gasteiger partial charge in [0.2, 0.25) is 15.9 Å². The number of nitrogens with one attached hydrogen (secondary N) is 1. The van der Waals surface area contributed by atoms with E-state index in [9.17, 15) is 13.2 Å². The van der Waals surface area contributed by atoms with E-state index in [1.165, 1.54) is 7.05 Å². The molecular weight excluding hydrogens is 384 g/mol. The molecule has 0 aliphatic carbocycles. The van der Waals surface area contributed by atoms with Crippen LogP contribution in [0.2, 0.25) is 0 Å². The summed E-state index contributed by atoms with van der Waals surface area (Å²) in [5.41, 5.74) is 3.27. The molecule has 3 aromatic carbocycles. The van der Waals surface area contributed by atoms with Crippen molar-refractivity contribution in [3.63, 3.8) is 0 Å². The maximum absolute atomic E-state index is 12.9. The standard InChI is InChI=1S/C23H26N2O3S/c1-16-9-12-22(17(2)13-16)18(3)24-23(26)15-25(4)29(27,28)21-11-10-19-7-5-6-8-20(19)14-21/h5-14,18H,15H2,1-4H3,(H,24,26)/t18-/m1/s1. The van der Waals surface area contributed by atoms with E-state index in [0.29, 0.717) is 0 Å². The number of hydrogen-bond donors (Lipinski definition) is 1. The maximum Gasteiger partial charge on any atom is 0.243 e. The van der Waals surface area contributed by atoms with Crippen molar-refractivity contribution in [2.24, 2.45) is 0 Å². The van der Waals surface area contributed by atoms with Gasteiger partial charge in [0.25, 0.3) is 0 Å². The lowest BCUT2D eigenvalue weighted by atomic mass is 10.0. The summed E-state index contributed by atoms with van der Waals surface area (Å²) in [5.74, 6) is -0.343. The van der Waals surface area contributed by atoms with Gasteiger partial charge < -0.3 is 5.32 Å². The first-order chi connectivity index (χ1) is 13.7. The number of hydrogen-bond acceptors (Lipinski definition) is 3. The van der Waals surface area contributed by atoms with Crippen LogP contribution in [0.4, 0.5) is 0 Å². The molecule has 5 nitrogen and oxygen atoms in total. The third-order valence-electron chi connectivity index (χ3n) is 5.06. The Bertz CT molecular complexity index is 1160. The largest absolute Gasteiger partial charge is 0.348 e. The van der Waals surface area contributed by atoms with Crippen molar-refractivity contribution in [1.82, 2.24) is 9.62 Å². The highest BCUT2D eigenvalue weighted by molar-refractivity contribution is 7.89. The number of carbonyl (C=O) groups is 1. The number of fused-ring (bicyclic) bond motifs is 1. The summed E-state index contributed by atoms with van der Waals surface area (Å²) in [4.78, 5) is 12.7. The molecule has 0 aliphatic rings. The van der Waals surface area contributed by atoms with Crippen LogP contribution < -0.4 is 5.32 Å². The Morgan fingerprint density at radius 3 is 2.38 bits per heavy atom. The quantitative estimate of drug-likeness (QED) is 0.669. The Hall–Kier alpha value is -2.70. The summed E-state index contributed by atoms with van der Waals surface area (Å²) in [5, 5.41) is 4.70. The summed E-state index contributed by atoms with van der Waals surface area (Å²) in [6.45, 7) is 5.67. The molecule has 3 rings (SSSR count). The van der Waals surface area contributed by atoms with E-state index in [0.717, 1.165) is 31.8 Å². The van der Waals surface area contributed by atoms with E-state index in [1.807, 2.05) is 57.2 Å². The van der Waals surface area contributed by atoms with E-state index in [1.54, 1.807) is 18.2 Å². The lowest BCUT2D eigenvalue weighted by molar-refractivity contribution is -0.121. The average Bonchev–Trinajstić information content (AvgIpc) is 2.67. The van der Waals surface area contributed by atoms with Crippen molar-refractivity contribution in [3.8, 4) is 0 Å². The van der Waals surface area contributed by atoms with Gasteiger partial charge >= 0.3 is 0 Å². The number of amides is 1. The van der Waals surface area contributed by atoms with Crippen LogP contribution in [0.1, 0.15) is 29.7 Å². The second-order valence-electron chi connectivity index (χ2n) is 7.42. The van der Waals surface area contributed by atoms with Gasteiger partial charge in [-0.15, -0.1) is 0 Å². The smallest absolute Gasteiger partial charge is 0.243 e. The molecule has 6 heteroatoms. The molecule has 1 atom stereocenters. The van der Waals surface area contributed by atoms with Gasteiger partial charge in [-0.2, -0.15) is 4.31 Å². The third kappa shape index (κ3) is 4.66. The Kier molecular flexibility index (Phi) is 6.05. The van der Waals surface area contributed by atoms with Gasteiger partial charge in [0.15, 0.2) is 0 Å². The lowest BCUT2D eigenvalue weighted by Crippen LogP contribution is -2.39. The third-order valence-corrected chi connectivity index (χ3v) is 6.86. The summed E-state index contributed by atoms with van der Waals surface area (Å²) < 4.78 is 26.9. The Morgan fingerprint density at radius 1 is 1.00 bits per heavy atom. The van der Waals surface area contributed by atoms with E-state index < -0.39 is 10.0 Å². The van der Waals surface area contributed by atoms with Gasteiger partial charge in [0.05, 0.1) is 17.5 Å². The minimum absolute atomic E-state index is 0.175. The fourth-order valence-corrected chi connectivity index (χ4v) is 4.63. The van der Waals surface area contributed by atoms with Crippen LogP contribution in [-0.4, -0.2) is 32.2 Å². The van der Waals surface area contributed by atoms with Crippen LogP contribution in [0.3, 0.4) is 0 Å². The SMILES string of the molecule is Cc1ccc([C@@H](C)NC(=O)CN(C)S(=O)(=O)c2ccc3ccccc3c2)c(C)c1. The van der Waals surface area contributed by atoms with Gasteiger partial charge in [-0.05, 0) is 54.8 Å². The fourth-order valence-electron chi connectivity index (χ4n) is 3.47. The predicted molar refractivity (Wildman–Crippen MR) is 116 cm³/mol. The van der Waals surface area contributed by atoms with Crippen LogP contribution in [0.15, 0.2) is 65.6 Å². The van der Waals surface area contributed by atoms with Crippen molar-refractivity contribution < 1.29 is 13.2 Å². The zero-order chi connectivity index (χ0) is 21.2. The molecule has 0 unspecified atom stereocenters. The number of benzene rings is 3. The topological polar surface area (TPSA) is 66.5 Å². The first-order valence-electron chi connectivity index (χ1n) is 9.50. The van der Waals surface area contributed by atoms with E-state index in [-0.39, 0.29) is 23.4 Å². The van der Waals surface area contributed by atoms with Gasteiger partial charge in [0, 0.05) is 7.05 Å². The fraction of sp³-hybridized carbons (Fsp3) is 0.261. The molecule has 29 heavy (non-hydrogen) atoms. The van der Waals surface area contributed by atoms with E-state index in [4.69, 9.17) is 0 Å². The Labute approximate surface area is 172 Å². The van der Waals surface area contributed by atoms with Crippen LogP contribution in [-0.2, 0) is 14.8 Å². The molecule has 0 aliphatic heterocycles. The number of likely N-dealkylation sites (N-methyl/N-ethyl adjacent to an activating group) is 1. The summed E-state index contributed by atoms with van der Waals surface area (Å²) in [6.07, 6.45) is 0. The second-order valence-corrected chi connectivity index (χ2v) is 9.46. The van der Waals surface area contributed by atoms with Crippen molar-refractivity contribution in [3.05, 3.63) is 77.4 Å². The van der Waals surface area contributed by atoms with Crippen LogP contribution in [0.25, 0.3) is 10.8 Å². The van der Waals surface area contributed by atoms with Crippen molar-refractivity contribution >= 4 is 26.7 Å². The molecule has 0 heterocycles. The first kappa shape index (κ1) is 21.0. The second kappa shape index (κ2) is 8.35. The average molecular weight is 411 g/mol. The molecule has 152 valence electrons. The molecule has 1 N–H and O–H groups in total. The molecule has 0 fully saturated rings. The Morgan fingerprint density at radius 2 is 1.69 bits per heavy atom. The monoisotopic (exact) mass is 410 g/mol. The molecule has 1 amide bonds. The number of aryl methyl sites for hydroxylation is 2. The summed E-state index contributed by atoms with van der Waals surface area (Å²) >= 11 is 0. The number of nitrogens with zero attached hydrogens (tertiary/aromatic N) is 1. The molecule has 0 saturated carbocycles. The van der Waals surface area contributed by atoms with Gasteiger partial charge in [-0.25, -0.2) is 8.42 Å². The minimum atomic E-state index is -3.77. The molecule has 0 radical (unpaired) electrons.